The number of aryl methyl sites for hydroxylation is 2. The Morgan fingerprint density at radius 2 is 1.95 bits per heavy atom. The van der Waals surface area contributed by atoms with Gasteiger partial charge in [0.05, 0.1) is 15.7 Å². The fourth-order valence-electron chi connectivity index (χ4n) is 2.28. The van der Waals surface area contributed by atoms with Crippen molar-refractivity contribution >= 4 is 22.9 Å². The number of aromatic nitrogens is 1. The van der Waals surface area contributed by atoms with Gasteiger partial charge in [0, 0.05) is 17.0 Å². The van der Waals surface area contributed by atoms with Crippen LogP contribution in [-0.2, 0) is 0 Å². The van der Waals surface area contributed by atoms with Crippen LogP contribution in [0.25, 0.3) is 0 Å². The van der Waals surface area contributed by atoms with Crippen molar-refractivity contribution < 1.29 is 4.39 Å². The molecule has 2 unspecified atom stereocenters. The first-order chi connectivity index (χ1) is 9.38. The molecule has 5 heteroatoms. The van der Waals surface area contributed by atoms with Gasteiger partial charge in [0.1, 0.15) is 5.82 Å². The molecule has 1 aromatic carbocycles. The van der Waals surface area contributed by atoms with E-state index in [0.717, 1.165) is 16.3 Å². The Balaban J connectivity index is 2.12. The summed E-state index contributed by atoms with van der Waals surface area (Å²) in [4.78, 5) is 5.66. The summed E-state index contributed by atoms with van der Waals surface area (Å²) in [7, 11) is 0. The van der Waals surface area contributed by atoms with Crippen molar-refractivity contribution in [3.05, 3.63) is 50.2 Å². The van der Waals surface area contributed by atoms with Gasteiger partial charge in [-0.3, -0.25) is 0 Å². The lowest BCUT2D eigenvalue weighted by molar-refractivity contribution is 0.495. The van der Waals surface area contributed by atoms with Crippen molar-refractivity contribution in [2.75, 3.05) is 0 Å². The molecule has 0 bridgehead atoms. The molecule has 2 atom stereocenters. The summed E-state index contributed by atoms with van der Waals surface area (Å²) in [5.41, 5.74) is 1.94. The standard InChI is InChI=1S/C15H18ClFN2S/c1-8(12-5-6-13(16)14(17)7-12)18-9(2)15-10(3)19-11(4)20-15/h5-9,18H,1-4H3. The molecule has 0 fully saturated rings. The van der Waals surface area contributed by atoms with Crippen molar-refractivity contribution in [1.82, 2.24) is 10.3 Å². The van der Waals surface area contributed by atoms with Gasteiger partial charge in [-0.15, -0.1) is 11.3 Å². The molecule has 0 aliphatic carbocycles. The van der Waals surface area contributed by atoms with Gasteiger partial charge in [0.2, 0.25) is 0 Å². The highest BCUT2D eigenvalue weighted by Gasteiger charge is 2.16. The lowest BCUT2D eigenvalue weighted by Gasteiger charge is -2.20. The van der Waals surface area contributed by atoms with Crippen LogP contribution in [0.2, 0.25) is 5.02 Å². The average molecular weight is 313 g/mol. The summed E-state index contributed by atoms with van der Waals surface area (Å²) in [6.07, 6.45) is 0. The molecule has 108 valence electrons. The molecular weight excluding hydrogens is 295 g/mol. The van der Waals surface area contributed by atoms with E-state index < -0.39 is 0 Å². The molecule has 1 N–H and O–H groups in total. The van der Waals surface area contributed by atoms with E-state index in [1.807, 2.05) is 26.8 Å². The number of nitrogens with zero attached hydrogens (tertiary/aromatic N) is 1. The van der Waals surface area contributed by atoms with E-state index in [1.54, 1.807) is 17.4 Å². The molecule has 2 aromatic rings. The van der Waals surface area contributed by atoms with Crippen LogP contribution >= 0.6 is 22.9 Å². The number of benzene rings is 1. The lowest BCUT2D eigenvalue weighted by atomic mass is 10.1. The van der Waals surface area contributed by atoms with Gasteiger partial charge in [-0.25, -0.2) is 9.37 Å². The predicted molar refractivity (Wildman–Crippen MR) is 83.0 cm³/mol. The third-order valence-electron chi connectivity index (χ3n) is 3.28. The molecule has 0 amide bonds. The SMILES string of the molecule is Cc1nc(C)c(C(C)NC(C)c2ccc(Cl)c(F)c2)s1. The first-order valence-corrected chi connectivity index (χ1v) is 7.73. The van der Waals surface area contributed by atoms with Crippen molar-refractivity contribution in [3.63, 3.8) is 0 Å². The van der Waals surface area contributed by atoms with E-state index in [1.165, 1.54) is 10.9 Å². The zero-order valence-corrected chi connectivity index (χ0v) is 13.6. The normalized spacial score (nSPS) is 14.3. The molecule has 0 spiro atoms. The maximum Gasteiger partial charge on any atom is 0.142 e. The molecular formula is C15H18ClFN2S. The summed E-state index contributed by atoms with van der Waals surface area (Å²) in [5.74, 6) is -0.379. The van der Waals surface area contributed by atoms with Gasteiger partial charge >= 0.3 is 0 Å². The summed E-state index contributed by atoms with van der Waals surface area (Å²) in [5, 5.41) is 4.70. The smallest absolute Gasteiger partial charge is 0.142 e. The second kappa shape index (κ2) is 6.20. The Labute approximate surface area is 128 Å². The summed E-state index contributed by atoms with van der Waals surface area (Å²) >= 11 is 7.40. The van der Waals surface area contributed by atoms with Crippen LogP contribution < -0.4 is 5.32 Å². The number of hydrogen-bond acceptors (Lipinski definition) is 3. The number of rotatable bonds is 4. The van der Waals surface area contributed by atoms with E-state index in [-0.39, 0.29) is 22.9 Å². The third-order valence-corrected chi connectivity index (χ3v) is 4.84. The van der Waals surface area contributed by atoms with E-state index in [4.69, 9.17) is 11.6 Å². The Bertz CT molecular complexity index is 612. The van der Waals surface area contributed by atoms with Gasteiger partial charge in [-0.1, -0.05) is 17.7 Å². The first-order valence-electron chi connectivity index (χ1n) is 6.53. The van der Waals surface area contributed by atoms with Crippen LogP contribution in [0.15, 0.2) is 18.2 Å². The van der Waals surface area contributed by atoms with Gasteiger partial charge in [-0.05, 0) is 45.4 Å². The van der Waals surface area contributed by atoms with E-state index in [0.29, 0.717) is 0 Å². The fraction of sp³-hybridized carbons (Fsp3) is 0.400. The van der Waals surface area contributed by atoms with Crippen molar-refractivity contribution in [2.24, 2.45) is 0 Å². The van der Waals surface area contributed by atoms with E-state index in [2.05, 4.69) is 17.2 Å². The maximum atomic E-state index is 13.5. The van der Waals surface area contributed by atoms with Gasteiger partial charge in [-0.2, -0.15) is 0 Å². The Morgan fingerprint density at radius 3 is 2.50 bits per heavy atom. The Hall–Kier alpha value is -0.970. The quantitative estimate of drug-likeness (QED) is 0.862. The van der Waals surface area contributed by atoms with Crippen LogP contribution in [0, 0.1) is 19.7 Å². The van der Waals surface area contributed by atoms with Crippen molar-refractivity contribution in [2.45, 2.75) is 39.8 Å². The minimum Gasteiger partial charge on any atom is -0.303 e. The van der Waals surface area contributed by atoms with Crippen molar-refractivity contribution in [3.8, 4) is 0 Å². The molecule has 0 saturated carbocycles. The monoisotopic (exact) mass is 312 g/mol. The molecule has 20 heavy (non-hydrogen) atoms. The highest BCUT2D eigenvalue weighted by Crippen LogP contribution is 2.27. The second-order valence-corrected chi connectivity index (χ2v) is 6.61. The molecule has 2 rings (SSSR count). The van der Waals surface area contributed by atoms with Crippen LogP contribution in [-0.4, -0.2) is 4.98 Å². The molecule has 1 aromatic heterocycles. The fourth-order valence-corrected chi connectivity index (χ4v) is 3.33. The first kappa shape index (κ1) is 15.4. The van der Waals surface area contributed by atoms with Crippen LogP contribution in [0.4, 0.5) is 4.39 Å². The predicted octanol–water partition coefficient (Wildman–Crippen LogP) is 4.96. The number of nitrogens with one attached hydrogen (secondary N) is 1. The highest BCUT2D eigenvalue weighted by molar-refractivity contribution is 7.11. The zero-order valence-electron chi connectivity index (χ0n) is 12.0. The third kappa shape index (κ3) is 3.37. The zero-order chi connectivity index (χ0) is 14.9. The Kier molecular flexibility index (Phi) is 4.78. The number of hydrogen-bond donors (Lipinski definition) is 1. The van der Waals surface area contributed by atoms with E-state index >= 15 is 0 Å². The Morgan fingerprint density at radius 1 is 1.25 bits per heavy atom. The molecule has 0 aliphatic heterocycles. The average Bonchev–Trinajstić information content (AvgIpc) is 2.71. The second-order valence-electron chi connectivity index (χ2n) is 4.97. The van der Waals surface area contributed by atoms with Gasteiger partial charge in [0.15, 0.2) is 0 Å². The summed E-state index contributed by atoms with van der Waals surface area (Å²) in [6.45, 7) is 8.14. The molecule has 0 saturated heterocycles. The molecule has 1 heterocycles. The minimum absolute atomic E-state index is 0.0403. The maximum absolute atomic E-state index is 13.5. The van der Waals surface area contributed by atoms with Gasteiger partial charge in [0.25, 0.3) is 0 Å². The van der Waals surface area contributed by atoms with E-state index in [9.17, 15) is 4.39 Å². The van der Waals surface area contributed by atoms with Crippen LogP contribution in [0.1, 0.15) is 47.1 Å². The molecule has 0 radical (unpaired) electrons. The van der Waals surface area contributed by atoms with Crippen molar-refractivity contribution in [1.29, 1.82) is 0 Å². The molecule has 2 nitrogen and oxygen atoms in total. The van der Waals surface area contributed by atoms with Gasteiger partial charge < -0.3 is 5.32 Å². The van der Waals surface area contributed by atoms with Crippen LogP contribution in [0.5, 0.6) is 0 Å². The largest absolute Gasteiger partial charge is 0.303 e. The number of thiazole rings is 1. The lowest BCUT2D eigenvalue weighted by Crippen LogP contribution is -2.22. The minimum atomic E-state index is -0.379. The topological polar surface area (TPSA) is 24.9 Å². The molecule has 0 aliphatic rings. The summed E-state index contributed by atoms with van der Waals surface area (Å²) < 4.78 is 13.5. The summed E-state index contributed by atoms with van der Waals surface area (Å²) in [6, 6.07) is 5.14. The number of halogens is 2. The highest BCUT2D eigenvalue weighted by atomic mass is 35.5. The van der Waals surface area contributed by atoms with Crippen LogP contribution in [0.3, 0.4) is 0 Å².